The van der Waals surface area contributed by atoms with E-state index in [9.17, 15) is 26.3 Å². The molecule has 3 fully saturated rings. The van der Waals surface area contributed by atoms with Gasteiger partial charge in [-0.3, -0.25) is 9.80 Å². The lowest BCUT2D eigenvalue weighted by molar-refractivity contribution is -0.193. The summed E-state index contributed by atoms with van der Waals surface area (Å²) in [5, 5.41) is 14.2. The first-order chi connectivity index (χ1) is 17.3. The summed E-state index contributed by atoms with van der Waals surface area (Å²) in [5.41, 5.74) is 0. The summed E-state index contributed by atoms with van der Waals surface area (Å²) in [6.45, 7) is 8.08. The summed E-state index contributed by atoms with van der Waals surface area (Å²) >= 11 is 0. The van der Waals surface area contributed by atoms with Gasteiger partial charge in [-0.05, 0) is 37.9 Å². The zero-order valence-corrected chi connectivity index (χ0v) is 19.8. The Balaban J connectivity index is 0.000000286. The van der Waals surface area contributed by atoms with Crippen LogP contribution in [0.5, 0.6) is 0 Å². The number of carboxylic acid groups (broad SMARTS) is 2. The Hall–Kier alpha value is -2.36. The van der Waals surface area contributed by atoms with Crippen molar-refractivity contribution in [1.82, 2.24) is 9.80 Å². The topological polar surface area (TPSA) is 113 Å². The van der Waals surface area contributed by atoms with Crippen LogP contribution in [-0.4, -0.2) is 102 Å². The lowest BCUT2D eigenvalue weighted by Gasteiger charge is -2.39. The minimum absolute atomic E-state index is 0.378. The number of nitrogens with zero attached hydrogens (tertiary/aromatic N) is 2. The number of carbonyl (C=O) groups is 2. The molecule has 0 unspecified atom stereocenters. The van der Waals surface area contributed by atoms with Crippen molar-refractivity contribution in [3.8, 4) is 0 Å². The van der Waals surface area contributed by atoms with Crippen LogP contribution in [0.15, 0.2) is 22.8 Å². The van der Waals surface area contributed by atoms with E-state index in [4.69, 9.17) is 33.7 Å². The molecule has 3 saturated heterocycles. The number of ether oxygens (including phenoxy) is 2. The molecule has 0 amide bonds. The summed E-state index contributed by atoms with van der Waals surface area (Å²) in [6.07, 6.45) is -4.44. The van der Waals surface area contributed by atoms with Crippen molar-refractivity contribution >= 4 is 11.9 Å². The summed E-state index contributed by atoms with van der Waals surface area (Å²) in [4.78, 5) is 22.9. The molecule has 0 aromatic carbocycles. The van der Waals surface area contributed by atoms with Crippen LogP contribution in [0, 0.1) is 5.92 Å². The highest BCUT2D eigenvalue weighted by Gasteiger charge is 2.39. The molecule has 9 nitrogen and oxygen atoms in total. The van der Waals surface area contributed by atoms with Gasteiger partial charge in [0.25, 0.3) is 0 Å². The van der Waals surface area contributed by atoms with Gasteiger partial charge in [-0.25, -0.2) is 9.59 Å². The normalized spacial score (nSPS) is 23.9. The number of alkyl halides is 6. The maximum absolute atomic E-state index is 10.6. The Morgan fingerprint density at radius 1 is 0.919 bits per heavy atom. The first-order valence-corrected chi connectivity index (χ1v) is 11.6. The molecular weight excluding hydrogens is 518 g/mol. The molecule has 3 aliphatic heterocycles. The monoisotopic (exact) mass is 548 g/mol. The number of halogens is 6. The van der Waals surface area contributed by atoms with Crippen LogP contribution in [0.2, 0.25) is 0 Å². The van der Waals surface area contributed by atoms with E-state index in [2.05, 4.69) is 15.9 Å². The molecular formula is C22H30F6N2O7. The van der Waals surface area contributed by atoms with Gasteiger partial charge in [0.15, 0.2) is 0 Å². The fraction of sp³-hybridized carbons (Fsp3) is 0.727. The number of aliphatic carboxylic acids is 2. The molecule has 0 radical (unpaired) electrons. The predicted molar refractivity (Wildman–Crippen MR) is 115 cm³/mol. The average molecular weight is 548 g/mol. The van der Waals surface area contributed by atoms with Crippen LogP contribution in [-0.2, 0) is 25.6 Å². The minimum Gasteiger partial charge on any atom is -0.475 e. The Kier molecular flexibility index (Phi) is 11.7. The van der Waals surface area contributed by atoms with E-state index in [0.29, 0.717) is 18.1 Å². The van der Waals surface area contributed by atoms with Crippen molar-refractivity contribution in [2.45, 2.75) is 50.3 Å². The highest BCUT2D eigenvalue weighted by Crippen LogP contribution is 2.27. The van der Waals surface area contributed by atoms with Crippen molar-refractivity contribution in [1.29, 1.82) is 0 Å². The number of piperidine rings is 1. The van der Waals surface area contributed by atoms with Gasteiger partial charge < -0.3 is 24.1 Å². The fourth-order valence-corrected chi connectivity index (χ4v) is 4.29. The maximum atomic E-state index is 10.6. The van der Waals surface area contributed by atoms with Crippen LogP contribution in [0.1, 0.15) is 25.0 Å². The largest absolute Gasteiger partial charge is 0.490 e. The number of hydrogen-bond donors (Lipinski definition) is 2. The van der Waals surface area contributed by atoms with Crippen LogP contribution >= 0.6 is 0 Å². The van der Waals surface area contributed by atoms with E-state index in [1.807, 2.05) is 6.07 Å². The van der Waals surface area contributed by atoms with Crippen LogP contribution in [0.4, 0.5) is 26.3 Å². The van der Waals surface area contributed by atoms with Crippen molar-refractivity contribution < 1.29 is 60.0 Å². The Labute approximate surface area is 208 Å². The number of fused-ring (bicyclic) bond motifs is 1. The van der Waals surface area contributed by atoms with E-state index in [0.717, 1.165) is 51.8 Å². The SMILES string of the molecule is O=C(O)C(F)(F)F.O=C(O)C(F)(F)F.c1coc(CN2CC[C@@H]3CN(C4CCOCC4)CCO[C@@H]3C2)c1. The van der Waals surface area contributed by atoms with Crippen molar-refractivity contribution in [3.63, 3.8) is 0 Å². The molecule has 3 aliphatic rings. The molecule has 2 atom stereocenters. The lowest BCUT2D eigenvalue weighted by atomic mass is 9.92. The molecule has 0 aliphatic carbocycles. The van der Waals surface area contributed by atoms with E-state index in [1.54, 1.807) is 6.26 Å². The fourth-order valence-electron chi connectivity index (χ4n) is 4.29. The van der Waals surface area contributed by atoms with Gasteiger partial charge in [-0.2, -0.15) is 26.3 Å². The summed E-state index contributed by atoms with van der Waals surface area (Å²) in [7, 11) is 0. The Bertz CT molecular complexity index is 804. The van der Waals surface area contributed by atoms with Gasteiger partial charge in [0.2, 0.25) is 0 Å². The highest BCUT2D eigenvalue weighted by molar-refractivity contribution is 5.73. The zero-order chi connectivity index (χ0) is 27.6. The first kappa shape index (κ1) is 30.9. The number of hydrogen-bond acceptors (Lipinski definition) is 7. The third kappa shape index (κ3) is 10.9. The van der Waals surface area contributed by atoms with Gasteiger partial charge in [0.1, 0.15) is 5.76 Å². The zero-order valence-electron chi connectivity index (χ0n) is 19.8. The first-order valence-electron chi connectivity index (χ1n) is 11.6. The summed E-state index contributed by atoms with van der Waals surface area (Å²) in [5.74, 6) is -3.78. The van der Waals surface area contributed by atoms with Crippen molar-refractivity contribution in [2.75, 3.05) is 46.0 Å². The van der Waals surface area contributed by atoms with Gasteiger partial charge in [0, 0.05) is 44.8 Å². The second-order valence-electron chi connectivity index (χ2n) is 8.72. The third-order valence-electron chi connectivity index (χ3n) is 6.11. The molecule has 4 rings (SSSR count). The van der Waals surface area contributed by atoms with Crippen molar-refractivity contribution in [3.05, 3.63) is 24.2 Å². The molecule has 2 N–H and O–H groups in total. The van der Waals surface area contributed by atoms with E-state index in [-0.39, 0.29) is 0 Å². The van der Waals surface area contributed by atoms with Gasteiger partial charge in [-0.15, -0.1) is 0 Å². The molecule has 37 heavy (non-hydrogen) atoms. The predicted octanol–water partition coefficient (Wildman–Crippen LogP) is 3.25. The van der Waals surface area contributed by atoms with Gasteiger partial charge >= 0.3 is 24.3 Å². The number of likely N-dealkylation sites (tertiary alicyclic amines) is 1. The molecule has 0 saturated carbocycles. The summed E-state index contributed by atoms with van der Waals surface area (Å²) < 4.78 is 80.7. The van der Waals surface area contributed by atoms with E-state index >= 15 is 0 Å². The number of carboxylic acids is 2. The molecule has 15 heteroatoms. The number of furan rings is 1. The Morgan fingerprint density at radius 2 is 1.51 bits per heavy atom. The molecule has 4 heterocycles. The molecule has 0 bridgehead atoms. The summed E-state index contributed by atoms with van der Waals surface area (Å²) in [6, 6.07) is 4.73. The van der Waals surface area contributed by atoms with E-state index in [1.165, 1.54) is 25.8 Å². The molecule has 1 aromatic heterocycles. The smallest absolute Gasteiger partial charge is 0.475 e. The maximum Gasteiger partial charge on any atom is 0.490 e. The molecule has 0 spiro atoms. The van der Waals surface area contributed by atoms with Crippen LogP contribution in [0.25, 0.3) is 0 Å². The highest BCUT2D eigenvalue weighted by atomic mass is 19.4. The quantitative estimate of drug-likeness (QED) is 0.550. The lowest BCUT2D eigenvalue weighted by Crippen LogP contribution is -2.48. The second-order valence-corrected chi connectivity index (χ2v) is 8.72. The molecule has 1 aromatic rings. The minimum atomic E-state index is -5.08. The molecule has 212 valence electrons. The van der Waals surface area contributed by atoms with Crippen LogP contribution < -0.4 is 0 Å². The van der Waals surface area contributed by atoms with E-state index < -0.39 is 24.3 Å². The van der Waals surface area contributed by atoms with Crippen molar-refractivity contribution in [2.24, 2.45) is 5.92 Å². The Morgan fingerprint density at radius 3 is 2.03 bits per heavy atom. The average Bonchev–Trinajstić information content (AvgIpc) is 3.23. The number of rotatable bonds is 3. The van der Waals surface area contributed by atoms with Gasteiger partial charge in [0.05, 0.1) is 25.5 Å². The standard InChI is InChI=1S/C18H28N2O3.2C2HF3O2/c1-2-17(22-8-1)13-19-6-3-15-12-20(7-11-23-18(15)14-19)16-4-9-21-10-5-16;2*3-2(4,5)1(6)7/h1-2,8,15-16,18H,3-7,9-14H2;2*(H,6,7)/t15-,18-;;/m1../s1. The third-order valence-corrected chi connectivity index (χ3v) is 6.11. The van der Waals surface area contributed by atoms with Crippen LogP contribution in [0.3, 0.4) is 0 Å². The second kappa shape index (κ2) is 14.0. The van der Waals surface area contributed by atoms with Gasteiger partial charge in [-0.1, -0.05) is 0 Å².